The van der Waals surface area contributed by atoms with Gasteiger partial charge in [0, 0.05) is 0 Å². The molecule has 4 nitrogen and oxygen atoms in total. The Kier molecular flexibility index (Phi) is 8.55. The molecule has 2 aromatic rings. The van der Waals surface area contributed by atoms with Crippen molar-refractivity contribution in [3.05, 3.63) is 70.8 Å². The van der Waals surface area contributed by atoms with Gasteiger partial charge in [-0.25, -0.2) is 9.59 Å². The van der Waals surface area contributed by atoms with E-state index in [1.165, 1.54) is 31.2 Å². The molecule has 0 radical (unpaired) electrons. The van der Waals surface area contributed by atoms with Crippen molar-refractivity contribution >= 4 is 11.9 Å². The van der Waals surface area contributed by atoms with E-state index in [1.54, 1.807) is 0 Å². The highest BCUT2D eigenvalue weighted by Gasteiger charge is 2.53. The Morgan fingerprint density at radius 3 is 1.89 bits per heavy atom. The molecule has 5 rings (SSSR count). The van der Waals surface area contributed by atoms with Crippen LogP contribution in [0.3, 0.4) is 0 Å². The minimum atomic E-state index is -0.395. The summed E-state index contributed by atoms with van der Waals surface area (Å²) < 4.78 is 12.4. The molecule has 0 amide bonds. The zero-order valence-corrected chi connectivity index (χ0v) is 23.4. The lowest BCUT2D eigenvalue weighted by molar-refractivity contribution is -0.0822. The van der Waals surface area contributed by atoms with E-state index in [1.807, 2.05) is 36.4 Å². The molecular formula is C34H44O4. The summed E-state index contributed by atoms with van der Waals surface area (Å²) in [6.07, 6.45) is 9.96. The second-order valence-corrected chi connectivity index (χ2v) is 12.3. The van der Waals surface area contributed by atoms with Crippen LogP contribution in [0.25, 0.3) is 0 Å². The summed E-state index contributed by atoms with van der Waals surface area (Å²) in [4.78, 5) is 26.6. The van der Waals surface area contributed by atoms with Crippen molar-refractivity contribution in [2.75, 3.05) is 0 Å². The van der Waals surface area contributed by atoms with Crippen LogP contribution in [0.5, 0.6) is 0 Å². The summed E-state index contributed by atoms with van der Waals surface area (Å²) in [5.41, 5.74) is 3.51. The summed E-state index contributed by atoms with van der Waals surface area (Å²) >= 11 is 0. The van der Waals surface area contributed by atoms with Crippen LogP contribution in [-0.2, 0) is 22.3 Å². The summed E-state index contributed by atoms with van der Waals surface area (Å²) in [6, 6.07) is 15.6. The largest absolute Gasteiger partial charge is 0.455 e. The van der Waals surface area contributed by atoms with Gasteiger partial charge >= 0.3 is 11.9 Å². The quantitative estimate of drug-likeness (QED) is 0.302. The third-order valence-corrected chi connectivity index (χ3v) is 9.44. The minimum Gasteiger partial charge on any atom is -0.455 e. The van der Waals surface area contributed by atoms with E-state index in [0.29, 0.717) is 28.9 Å². The van der Waals surface area contributed by atoms with Gasteiger partial charge in [-0.15, -0.1) is 0 Å². The summed E-state index contributed by atoms with van der Waals surface area (Å²) in [5, 5.41) is 0. The molecular weight excluding hydrogens is 472 g/mol. The van der Waals surface area contributed by atoms with Gasteiger partial charge in [0.25, 0.3) is 0 Å². The highest BCUT2D eigenvalue weighted by molar-refractivity contribution is 5.90. The Labute approximate surface area is 228 Å². The first-order valence-corrected chi connectivity index (χ1v) is 15.0. The molecule has 38 heavy (non-hydrogen) atoms. The normalized spacial score (nSPS) is 28.5. The van der Waals surface area contributed by atoms with Gasteiger partial charge in [-0.05, 0) is 110 Å². The molecule has 3 aliphatic rings. The second kappa shape index (κ2) is 12.1. The van der Waals surface area contributed by atoms with Crippen LogP contribution in [0.1, 0.15) is 104 Å². The fourth-order valence-corrected chi connectivity index (χ4v) is 7.73. The standard InChI is InChI=1S/C34H44O4/c1-4-8-22(3)16-24-11-7-13-28(18-24)34(36)38-32-21-30-26-15-14-25(19-26)29(30)20-31(32)37-33(35)27-12-6-10-23(17-27)9-5-2/h6-7,10-13,17-18,22,25-26,29-32H,4-5,8-9,14-16,19-21H2,1-3H3. The van der Waals surface area contributed by atoms with Crippen LogP contribution >= 0.6 is 0 Å². The van der Waals surface area contributed by atoms with E-state index in [9.17, 15) is 9.59 Å². The number of rotatable bonds is 10. The van der Waals surface area contributed by atoms with Crippen LogP contribution in [-0.4, -0.2) is 24.1 Å². The molecule has 0 spiro atoms. The van der Waals surface area contributed by atoms with Gasteiger partial charge in [-0.3, -0.25) is 0 Å². The lowest BCUT2D eigenvalue weighted by Gasteiger charge is -2.42. The molecule has 3 aliphatic carbocycles. The Bertz CT molecular complexity index is 1120. The number of fused-ring (bicyclic) bond motifs is 5. The lowest BCUT2D eigenvalue weighted by atomic mass is 9.69. The minimum absolute atomic E-state index is 0.299. The van der Waals surface area contributed by atoms with Crippen molar-refractivity contribution in [3.8, 4) is 0 Å². The number of aryl methyl sites for hydroxylation is 1. The Morgan fingerprint density at radius 1 is 0.789 bits per heavy atom. The maximum absolute atomic E-state index is 13.4. The van der Waals surface area contributed by atoms with Crippen LogP contribution in [0.4, 0.5) is 0 Å². The van der Waals surface area contributed by atoms with E-state index in [2.05, 4.69) is 32.9 Å². The first-order valence-electron chi connectivity index (χ1n) is 15.0. The number of hydrogen-bond acceptors (Lipinski definition) is 4. The summed E-state index contributed by atoms with van der Waals surface area (Å²) in [7, 11) is 0. The molecule has 0 aromatic heterocycles. The SMILES string of the molecule is CCCc1cccc(C(=O)OC2CC3C4CCC(C4)C3CC2OC(=O)c2cccc(CC(C)CCC)c2)c1. The van der Waals surface area contributed by atoms with Crippen molar-refractivity contribution in [1.82, 2.24) is 0 Å². The van der Waals surface area contributed by atoms with Gasteiger partial charge in [0.1, 0.15) is 12.2 Å². The summed E-state index contributed by atoms with van der Waals surface area (Å²) in [5.74, 6) is 2.61. The van der Waals surface area contributed by atoms with Crippen molar-refractivity contribution in [3.63, 3.8) is 0 Å². The predicted molar refractivity (Wildman–Crippen MR) is 150 cm³/mol. The molecule has 4 heteroatoms. The zero-order valence-electron chi connectivity index (χ0n) is 23.4. The van der Waals surface area contributed by atoms with E-state index in [0.717, 1.165) is 55.9 Å². The lowest BCUT2D eigenvalue weighted by Crippen LogP contribution is -2.45. The average Bonchev–Trinajstić information content (AvgIpc) is 3.52. The highest BCUT2D eigenvalue weighted by Crippen LogP contribution is 2.58. The van der Waals surface area contributed by atoms with Gasteiger partial charge in [0.15, 0.2) is 0 Å². The third-order valence-electron chi connectivity index (χ3n) is 9.44. The molecule has 2 bridgehead atoms. The van der Waals surface area contributed by atoms with Crippen molar-refractivity contribution in [2.45, 2.75) is 97.2 Å². The van der Waals surface area contributed by atoms with Gasteiger partial charge in [-0.1, -0.05) is 64.3 Å². The maximum Gasteiger partial charge on any atom is 0.338 e. The first-order chi connectivity index (χ1) is 18.4. The maximum atomic E-state index is 13.4. The van der Waals surface area contributed by atoms with Crippen molar-refractivity contribution in [1.29, 1.82) is 0 Å². The number of esters is 2. The average molecular weight is 517 g/mol. The molecule has 0 N–H and O–H groups in total. The number of benzene rings is 2. The monoisotopic (exact) mass is 516 g/mol. The smallest absolute Gasteiger partial charge is 0.338 e. The zero-order chi connectivity index (χ0) is 26.6. The van der Waals surface area contributed by atoms with Crippen molar-refractivity contribution < 1.29 is 19.1 Å². The van der Waals surface area contributed by atoms with E-state index in [4.69, 9.17) is 9.47 Å². The van der Waals surface area contributed by atoms with Crippen molar-refractivity contribution in [2.24, 2.45) is 29.6 Å². The third kappa shape index (κ3) is 6.00. The fourth-order valence-electron chi connectivity index (χ4n) is 7.73. The topological polar surface area (TPSA) is 52.6 Å². The first kappa shape index (κ1) is 27.0. The number of carbonyl (C=O) groups excluding carboxylic acids is 2. The Hall–Kier alpha value is -2.62. The van der Waals surface area contributed by atoms with Crippen LogP contribution < -0.4 is 0 Å². The van der Waals surface area contributed by atoms with Crippen LogP contribution in [0.2, 0.25) is 0 Å². The van der Waals surface area contributed by atoms with Gasteiger partial charge in [0.05, 0.1) is 11.1 Å². The molecule has 0 aliphatic heterocycles. The Balaban J connectivity index is 1.31. The molecule has 3 saturated carbocycles. The molecule has 7 atom stereocenters. The molecule has 0 heterocycles. The number of ether oxygens (including phenoxy) is 2. The fraction of sp³-hybridized carbons (Fsp3) is 0.588. The van der Waals surface area contributed by atoms with Gasteiger partial charge < -0.3 is 9.47 Å². The number of carbonyl (C=O) groups is 2. The van der Waals surface area contributed by atoms with Crippen LogP contribution in [0, 0.1) is 29.6 Å². The van der Waals surface area contributed by atoms with Crippen LogP contribution in [0.15, 0.2) is 48.5 Å². The van der Waals surface area contributed by atoms with Gasteiger partial charge in [0.2, 0.25) is 0 Å². The second-order valence-electron chi connectivity index (χ2n) is 12.3. The molecule has 2 aromatic carbocycles. The molecule has 7 unspecified atom stereocenters. The van der Waals surface area contributed by atoms with Gasteiger partial charge in [-0.2, -0.15) is 0 Å². The molecule has 3 fully saturated rings. The molecule has 0 saturated heterocycles. The van der Waals surface area contributed by atoms with E-state index >= 15 is 0 Å². The highest BCUT2D eigenvalue weighted by atomic mass is 16.6. The Morgan fingerprint density at radius 2 is 1.34 bits per heavy atom. The van der Waals surface area contributed by atoms with E-state index in [-0.39, 0.29) is 11.9 Å². The molecule has 204 valence electrons. The number of hydrogen-bond donors (Lipinski definition) is 0. The predicted octanol–water partition coefficient (Wildman–Crippen LogP) is 7.82. The summed E-state index contributed by atoms with van der Waals surface area (Å²) in [6.45, 7) is 6.61. The van der Waals surface area contributed by atoms with E-state index < -0.39 is 12.2 Å².